The number of nitrogens with one attached hydrogen (secondary N) is 1. The lowest BCUT2D eigenvalue weighted by Gasteiger charge is -2.13. The molecule has 0 spiro atoms. The molecule has 1 amide bonds. The molecule has 0 fully saturated rings. The summed E-state index contributed by atoms with van der Waals surface area (Å²) in [6.45, 7) is 8.65. The molecule has 2 aromatic carbocycles. The van der Waals surface area contributed by atoms with Gasteiger partial charge in [-0.25, -0.2) is 4.98 Å². The van der Waals surface area contributed by atoms with E-state index in [9.17, 15) is 20.3 Å². The number of aromatic nitrogens is 2. The fourth-order valence-corrected chi connectivity index (χ4v) is 4.05. The minimum atomic E-state index is -0.611. The van der Waals surface area contributed by atoms with Gasteiger partial charge in [0.2, 0.25) is 0 Å². The van der Waals surface area contributed by atoms with Crippen LogP contribution in [-0.4, -0.2) is 50.5 Å². The SMILES string of the molecule is CCn1cc(-c2ccc(CC(O)CCNC(=O)c3ccc(OC(C)C)c(C#N)c3)cc2)nc1CC(C)O. The number of nitrogens with zero attached hydrogens (tertiary/aromatic N) is 3. The van der Waals surface area contributed by atoms with E-state index in [1.807, 2.05) is 55.8 Å². The van der Waals surface area contributed by atoms with Gasteiger partial charge in [-0.1, -0.05) is 24.3 Å². The molecular weight excluding hydrogens is 468 g/mol. The van der Waals surface area contributed by atoms with Crippen LogP contribution in [-0.2, 0) is 19.4 Å². The molecule has 8 nitrogen and oxygen atoms in total. The summed E-state index contributed by atoms with van der Waals surface area (Å²) in [6.07, 6.45) is 2.23. The zero-order chi connectivity index (χ0) is 26.9. The summed E-state index contributed by atoms with van der Waals surface area (Å²) in [6, 6.07) is 14.8. The van der Waals surface area contributed by atoms with Crippen molar-refractivity contribution >= 4 is 5.91 Å². The lowest BCUT2D eigenvalue weighted by atomic mass is 10.0. The van der Waals surface area contributed by atoms with Gasteiger partial charge in [-0.15, -0.1) is 0 Å². The summed E-state index contributed by atoms with van der Waals surface area (Å²) >= 11 is 0. The molecule has 0 saturated carbocycles. The van der Waals surface area contributed by atoms with E-state index in [0.29, 0.717) is 42.7 Å². The molecule has 0 aliphatic heterocycles. The quantitative estimate of drug-likeness (QED) is 0.344. The molecule has 196 valence electrons. The van der Waals surface area contributed by atoms with Gasteiger partial charge >= 0.3 is 0 Å². The fourth-order valence-electron chi connectivity index (χ4n) is 4.05. The molecule has 0 radical (unpaired) electrons. The van der Waals surface area contributed by atoms with Crippen LogP contribution in [0.15, 0.2) is 48.7 Å². The second-order valence-electron chi connectivity index (χ2n) is 9.47. The molecule has 2 atom stereocenters. The Balaban J connectivity index is 1.51. The third kappa shape index (κ3) is 7.91. The van der Waals surface area contributed by atoms with Crippen molar-refractivity contribution in [3.63, 3.8) is 0 Å². The smallest absolute Gasteiger partial charge is 0.251 e. The lowest BCUT2D eigenvalue weighted by Crippen LogP contribution is -2.27. The van der Waals surface area contributed by atoms with Crippen LogP contribution >= 0.6 is 0 Å². The zero-order valence-corrected chi connectivity index (χ0v) is 21.9. The number of amides is 1. The lowest BCUT2D eigenvalue weighted by molar-refractivity contribution is 0.0942. The van der Waals surface area contributed by atoms with Crippen molar-refractivity contribution in [2.45, 2.75) is 71.8 Å². The van der Waals surface area contributed by atoms with Gasteiger partial charge in [0.1, 0.15) is 17.6 Å². The summed E-state index contributed by atoms with van der Waals surface area (Å²) in [5.41, 5.74) is 3.51. The van der Waals surface area contributed by atoms with Gasteiger partial charge in [-0.3, -0.25) is 4.79 Å². The van der Waals surface area contributed by atoms with E-state index in [0.717, 1.165) is 29.2 Å². The van der Waals surface area contributed by atoms with Crippen molar-refractivity contribution in [1.82, 2.24) is 14.9 Å². The van der Waals surface area contributed by atoms with E-state index >= 15 is 0 Å². The molecule has 0 aliphatic carbocycles. The van der Waals surface area contributed by atoms with E-state index in [2.05, 4.69) is 16.4 Å². The Morgan fingerprint density at radius 3 is 2.49 bits per heavy atom. The van der Waals surface area contributed by atoms with Gasteiger partial charge in [-0.2, -0.15) is 5.26 Å². The second kappa shape index (κ2) is 13.0. The van der Waals surface area contributed by atoms with Crippen molar-refractivity contribution < 1.29 is 19.7 Å². The summed E-state index contributed by atoms with van der Waals surface area (Å²) in [7, 11) is 0. The molecule has 3 aromatic rings. The number of carbonyl (C=O) groups is 1. The predicted molar refractivity (Wildman–Crippen MR) is 142 cm³/mol. The molecule has 3 rings (SSSR count). The van der Waals surface area contributed by atoms with Gasteiger partial charge in [0.15, 0.2) is 0 Å². The zero-order valence-electron chi connectivity index (χ0n) is 21.9. The highest BCUT2D eigenvalue weighted by Crippen LogP contribution is 2.22. The normalized spacial score (nSPS) is 12.7. The van der Waals surface area contributed by atoms with Crippen molar-refractivity contribution in [3.8, 4) is 23.1 Å². The predicted octanol–water partition coefficient (Wildman–Crippen LogP) is 3.88. The third-order valence-corrected chi connectivity index (χ3v) is 5.89. The molecule has 1 heterocycles. The van der Waals surface area contributed by atoms with Crippen molar-refractivity contribution in [2.24, 2.45) is 0 Å². The van der Waals surface area contributed by atoms with Crippen LogP contribution in [0.25, 0.3) is 11.3 Å². The maximum absolute atomic E-state index is 12.5. The monoisotopic (exact) mass is 504 g/mol. The van der Waals surface area contributed by atoms with Gasteiger partial charge in [0.05, 0.1) is 29.6 Å². The Kier molecular flexibility index (Phi) is 9.84. The summed E-state index contributed by atoms with van der Waals surface area (Å²) in [4.78, 5) is 17.2. The fraction of sp³-hybridized carbons (Fsp3) is 0.414. The number of benzene rings is 2. The topological polar surface area (TPSA) is 120 Å². The van der Waals surface area contributed by atoms with Crippen LogP contribution < -0.4 is 10.1 Å². The Labute approximate surface area is 218 Å². The molecule has 37 heavy (non-hydrogen) atoms. The number of aryl methyl sites for hydroxylation is 1. The Bertz CT molecular complexity index is 1230. The van der Waals surface area contributed by atoms with Crippen LogP contribution in [0.1, 0.15) is 61.4 Å². The minimum absolute atomic E-state index is 0.0714. The summed E-state index contributed by atoms with van der Waals surface area (Å²) in [5.74, 6) is 1.01. The van der Waals surface area contributed by atoms with Gasteiger partial charge in [-0.05, 0) is 64.3 Å². The van der Waals surface area contributed by atoms with Crippen LogP contribution in [0.4, 0.5) is 0 Å². The molecule has 8 heteroatoms. The Morgan fingerprint density at radius 2 is 1.86 bits per heavy atom. The first-order valence-corrected chi connectivity index (χ1v) is 12.7. The van der Waals surface area contributed by atoms with Crippen LogP contribution in [0.2, 0.25) is 0 Å². The average Bonchev–Trinajstić information content (AvgIpc) is 3.26. The van der Waals surface area contributed by atoms with Gasteiger partial charge in [0, 0.05) is 36.8 Å². The van der Waals surface area contributed by atoms with Crippen LogP contribution in [0.3, 0.4) is 0 Å². The van der Waals surface area contributed by atoms with Gasteiger partial charge < -0.3 is 24.8 Å². The Morgan fingerprint density at radius 1 is 1.14 bits per heavy atom. The molecule has 0 saturated heterocycles. The van der Waals surface area contributed by atoms with Crippen LogP contribution in [0, 0.1) is 11.3 Å². The molecule has 1 aromatic heterocycles. The number of ether oxygens (including phenoxy) is 1. The summed E-state index contributed by atoms with van der Waals surface area (Å²) in [5, 5.41) is 32.4. The number of nitriles is 1. The number of rotatable bonds is 12. The first-order valence-electron chi connectivity index (χ1n) is 12.7. The Hall–Kier alpha value is -3.67. The van der Waals surface area contributed by atoms with Crippen molar-refractivity contribution in [3.05, 3.63) is 71.2 Å². The minimum Gasteiger partial charge on any atom is -0.490 e. The number of aliphatic hydroxyl groups excluding tert-OH is 2. The average molecular weight is 505 g/mol. The van der Waals surface area contributed by atoms with E-state index in [1.54, 1.807) is 19.1 Å². The van der Waals surface area contributed by atoms with E-state index in [1.165, 1.54) is 6.07 Å². The van der Waals surface area contributed by atoms with Gasteiger partial charge in [0.25, 0.3) is 5.91 Å². The van der Waals surface area contributed by atoms with E-state index in [4.69, 9.17) is 4.74 Å². The number of aliphatic hydroxyl groups is 2. The highest BCUT2D eigenvalue weighted by atomic mass is 16.5. The molecular formula is C29H36N4O4. The van der Waals surface area contributed by atoms with E-state index in [-0.39, 0.29) is 12.0 Å². The largest absolute Gasteiger partial charge is 0.490 e. The first-order chi connectivity index (χ1) is 17.7. The van der Waals surface area contributed by atoms with Crippen molar-refractivity contribution in [2.75, 3.05) is 6.54 Å². The first kappa shape index (κ1) is 27.9. The molecule has 0 aliphatic rings. The molecule has 2 unspecified atom stereocenters. The maximum atomic E-state index is 12.5. The highest BCUT2D eigenvalue weighted by Gasteiger charge is 2.14. The molecule has 3 N–H and O–H groups in total. The standard InChI is InChI=1S/C29H36N4O4/c1-5-33-18-26(32-28(33)14-20(4)34)22-8-6-21(7-9-22)15-25(35)12-13-31-29(36)23-10-11-27(37-19(2)3)24(16-23)17-30/h6-11,16,18-20,25,34-35H,5,12-15H2,1-4H3,(H,31,36). The van der Waals surface area contributed by atoms with Crippen molar-refractivity contribution in [1.29, 1.82) is 5.26 Å². The van der Waals surface area contributed by atoms with Crippen LogP contribution in [0.5, 0.6) is 5.75 Å². The number of carbonyl (C=O) groups excluding carboxylic acids is 1. The third-order valence-electron chi connectivity index (χ3n) is 5.89. The maximum Gasteiger partial charge on any atom is 0.251 e. The molecule has 0 bridgehead atoms. The van der Waals surface area contributed by atoms with E-state index < -0.39 is 12.2 Å². The highest BCUT2D eigenvalue weighted by molar-refractivity contribution is 5.94. The second-order valence-corrected chi connectivity index (χ2v) is 9.47. The summed E-state index contributed by atoms with van der Waals surface area (Å²) < 4.78 is 7.64. The number of hydrogen-bond donors (Lipinski definition) is 3. The number of imidazole rings is 1. The number of hydrogen-bond acceptors (Lipinski definition) is 6.